The second-order valence-corrected chi connectivity index (χ2v) is 5.94. The summed E-state index contributed by atoms with van der Waals surface area (Å²) in [6, 6.07) is 4.80. The number of pyridine rings is 1. The number of nitrogens with zero attached hydrogens (tertiary/aromatic N) is 1. The van der Waals surface area contributed by atoms with E-state index < -0.39 is 11.4 Å². The molecule has 0 unspecified atom stereocenters. The molecular formula is C17H17ClN2O5. The smallest absolute Gasteiger partial charge is 0.341 e. The topological polar surface area (TPSA) is 89.8 Å². The third kappa shape index (κ3) is 3.47. The van der Waals surface area contributed by atoms with Gasteiger partial charge in [-0.1, -0.05) is 11.6 Å². The molecule has 0 fully saturated rings. The summed E-state index contributed by atoms with van der Waals surface area (Å²) in [5.41, 5.74) is 1.11. The van der Waals surface area contributed by atoms with Crippen molar-refractivity contribution in [2.24, 2.45) is 0 Å². The van der Waals surface area contributed by atoms with Gasteiger partial charge >= 0.3 is 5.97 Å². The van der Waals surface area contributed by atoms with Crippen molar-refractivity contribution < 1.29 is 19.4 Å². The minimum absolute atomic E-state index is 0.267. The standard InChI is InChI=1S/C17H17ClN2O5/c1-24-4-2-19-13-7-16-10(6-12(13)18)14-8-15(21)11(17(22)23)9-20(14)3-5-25-16/h6-9,19H,2-5H2,1H3,(H,22,23). The van der Waals surface area contributed by atoms with Gasteiger partial charge in [0.2, 0.25) is 0 Å². The maximum Gasteiger partial charge on any atom is 0.341 e. The summed E-state index contributed by atoms with van der Waals surface area (Å²) in [6.07, 6.45) is 1.34. The number of halogens is 1. The van der Waals surface area contributed by atoms with E-state index in [0.717, 1.165) is 0 Å². The van der Waals surface area contributed by atoms with Gasteiger partial charge in [0.15, 0.2) is 5.43 Å². The molecule has 1 aromatic heterocycles. The van der Waals surface area contributed by atoms with Crippen LogP contribution in [0.1, 0.15) is 10.4 Å². The predicted octanol–water partition coefficient (Wildman–Crippen LogP) is 2.32. The Morgan fingerprint density at radius 2 is 2.24 bits per heavy atom. The number of methoxy groups -OCH3 is 1. The van der Waals surface area contributed by atoms with Crippen molar-refractivity contribution in [3.05, 3.63) is 45.2 Å². The van der Waals surface area contributed by atoms with E-state index in [-0.39, 0.29) is 5.56 Å². The molecule has 0 spiro atoms. The Morgan fingerprint density at radius 3 is 2.96 bits per heavy atom. The van der Waals surface area contributed by atoms with Crippen molar-refractivity contribution in [2.45, 2.75) is 6.54 Å². The Labute approximate surface area is 148 Å². The van der Waals surface area contributed by atoms with Crippen LogP contribution in [0, 0.1) is 0 Å². The van der Waals surface area contributed by atoms with Crippen molar-refractivity contribution in [1.82, 2.24) is 4.57 Å². The lowest BCUT2D eigenvalue weighted by molar-refractivity contribution is 0.0694. The summed E-state index contributed by atoms with van der Waals surface area (Å²) < 4.78 is 12.5. The van der Waals surface area contributed by atoms with Crippen LogP contribution in [0.4, 0.5) is 5.69 Å². The molecule has 0 bridgehead atoms. The summed E-state index contributed by atoms with van der Waals surface area (Å²) in [5.74, 6) is -0.667. The van der Waals surface area contributed by atoms with E-state index in [4.69, 9.17) is 26.2 Å². The number of anilines is 1. The van der Waals surface area contributed by atoms with Crippen LogP contribution in [-0.4, -0.2) is 42.5 Å². The number of ether oxygens (including phenoxy) is 2. The molecule has 0 amide bonds. The molecular weight excluding hydrogens is 348 g/mol. The molecule has 0 radical (unpaired) electrons. The molecule has 1 aliphatic rings. The van der Waals surface area contributed by atoms with E-state index in [0.29, 0.717) is 54.0 Å². The number of nitrogens with one attached hydrogen (secondary N) is 1. The lowest BCUT2D eigenvalue weighted by Gasteiger charge is -2.14. The van der Waals surface area contributed by atoms with E-state index in [9.17, 15) is 9.59 Å². The first-order chi connectivity index (χ1) is 12.0. The average molecular weight is 365 g/mol. The van der Waals surface area contributed by atoms with Crippen LogP contribution in [0.15, 0.2) is 29.2 Å². The summed E-state index contributed by atoms with van der Waals surface area (Å²) >= 11 is 6.34. The highest BCUT2D eigenvalue weighted by Crippen LogP contribution is 2.38. The lowest BCUT2D eigenvalue weighted by atomic mass is 10.1. The zero-order valence-corrected chi connectivity index (χ0v) is 14.3. The largest absolute Gasteiger partial charge is 0.491 e. The molecule has 1 aromatic carbocycles. The Kier molecular flexibility index (Phi) is 4.96. The zero-order chi connectivity index (χ0) is 18.0. The highest BCUT2D eigenvalue weighted by molar-refractivity contribution is 6.33. The number of carboxylic acids is 1. The second kappa shape index (κ2) is 7.16. The molecule has 7 nitrogen and oxygen atoms in total. The van der Waals surface area contributed by atoms with E-state index >= 15 is 0 Å². The number of hydrogen-bond donors (Lipinski definition) is 2. The minimum atomic E-state index is -1.25. The Bertz CT molecular complexity index is 878. The summed E-state index contributed by atoms with van der Waals surface area (Å²) in [7, 11) is 1.61. The molecule has 8 heteroatoms. The molecule has 2 aromatic rings. The summed E-state index contributed by atoms with van der Waals surface area (Å²) in [6.45, 7) is 1.90. The molecule has 25 heavy (non-hydrogen) atoms. The number of rotatable bonds is 5. The first-order valence-electron chi connectivity index (χ1n) is 7.68. The first-order valence-corrected chi connectivity index (χ1v) is 8.06. The number of fused-ring (bicyclic) bond motifs is 3. The van der Waals surface area contributed by atoms with E-state index in [1.807, 2.05) is 0 Å². The van der Waals surface area contributed by atoms with Crippen LogP contribution in [-0.2, 0) is 11.3 Å². The van der Waals surface area contributed by atoms with Crippen LogP contribution in [0.5, 0.6) is 5.75 Å². The Balaban J connectivity index is 2.07. The molecule has 0 aliphatic carbocycles. The second-order valence-electron chi connectivity index (χ2n) is 5.53. The van der Waals surface area contributed by atoms with Gasteiger partial charge in [0.1, 0.15) is 17.9 Å². The van der Waals surface area contributed by atoms with Gasteiger partial charge in [-0.05, 0) is 6.07 Å². The zero-order valence-electron chi connectivity index (χ0n) is 13.5. The van der Waals surface area contributed by atoms with Crippen molar-refractivity contribution in [2.75, 3.05) is 32.2 Å². The fraction of sp³-hybridized carbons (Fsp3) is 0.294. The number of aromatic nitrogens is 1. The van der Waals surface area contributed by atoms with Gasteiger partial charge < -0.3 is 24.5 Å². The number of benzene rings is 1. The van der Waals surface area contributed by atoms with Crippen LogP contribution in [0.25, 0.3) is 11.3 Å². The lowest BCUT2D eigenvalue weighted by Crippen LogP contribution is -2.19. The van der Waals surface area contributed by atoms with E-state index in [1.54, 1.807) is 23.8 Å². The van der Waals surface area contributed by atoms with Gasteiger partial charge in [0, 0.05) is 37.5 Å². The Morgan fingerprint density at radius 1 is 1.44 bits per heavy atom. The van der Waals surface area contributed by atoms with Crippen LogP contribution < -0.4 is 15.5 Å². The molecule has 0 saturated carbocycles. The monoisotopic (exact) mass is 364 g/mol. The van der Waals surface area contributed by atoms with Crippen molar-refractivity contribution >= 4 is 23.3 Å². The average Bonchev–Trinajstić information content (AvgIpc) is 2.73. The maximum absolute atomic E-state index is 12.1. The van der Waals surface area contributed by atoms with Crippen molar-refractivity contribution in [3.63, 3.8) is 0 Å². The number of aromatic carboxylic acids is 1. The van der Waals surface area contributed by atoms with Crippen molar-refractivity contribution in [1.29, 1.82) is 0 Å². The third-order valence-electron chi connectivity index (χ3n) is 3.91. The van der Waals surface area contributed by atoms with Crippen molar-refractivity contribution in [3.8, 4) is 17.0 Å². The van der Waals surface area contributed by atoms with Gasteiger partial charge in [0.05, 0.1) is 29.6 Å². The van der Waals surface area contributed by atoms with Gasteiger partial charge in [-0.3, -0.25) is 4.79 Å². The maximum atomic E-state index is 12.1. The van der Waals surface area contributed by atoms with Crippen LogP contribution in [0.2, 0.25) is 5.02 Å². The fourth-order valence-electron chi connectivity index (χ4n) is 2.70. The van der Waals surface area contributed by atoms with Crippen LogP contribution >= 0.6 is 11.6 Å². The van der Waals surface area contributed by atoms with Gasteiger partial charge in [-0.15, -0.1) is 0 Å². The predicted molar refractivity (Wildman–Crippen MR) is 94.0 cm³/mol. The SMILES string of the molecule is COCCNc1cc2c(cc1Cl)-c1cc(=O)c(C(=O)O)cn1CCO2. The van der Waals surface area contributed by atoms with E-state index in [2.05, 4.69) is 5.32 Å². The quantitative estimate of drug-likeness (QED) is 0.791. The molecule has 0 saturated heterocycles. The number of carbonyl (C=O) groups is 1. The normalized spacial score (nSPS) is 12.6. The molecule has 1 aliphatic heterocycles. The number of hydrogen-bond acceptors (Lipinski definition) is 5. The first kappa shape index (κ1) is 17.3. The van der Waals surface area contributed by atoms with E-state index in [1.165, 1.54) is 12.3 Å². The van der Waals surface area contributed by atoms with Gasteiger partial charge in [-0.2, -0.15) is 0 Å². The molecule has 2 heterocycles. The van der Waals surface area contributed by atoms with Crippen LogP contribution in [0.3, 0.4) is 0 Å². The minimum Gasteiger partial charge on any atom is -0.491 e. The third-order valence-corrected chi connectivity index (χ3v) is 4.23. The molecule has 3 rings (SSSR count). The fourth-order valence-corrected chi connectivity index (χ4v) is 2.93. The highest BCUT2D eigenvalue weighted by atomic mass is 35.5. The van der Waals surface area contributed by atoms with Gasteiger partial charge in [-0.25, -0.2) is 4.79 Å². The summed E-state index contributed by atoms with van der Waals surface area (Å²) in [4.78, 5) is 23.3. The Hall–Kier alpha value is -2.51. The number of carboxylic acid groups (broad SMARTS) is 1. The summed E-state index contributed by atoms with van der Waals surface area (Å²) in [5, 5.41) is 12.8. The molecule has 0 atom stereocenters. The molecule has 2 N–H and O–H groups in total. The molecule has 132 valence electrons. The van der Waals surface area contributed by atoms with Gasteiger partial charge in [0.25, 0.3) is 0 Å². The highest BCUT2D eigenvalue weighted by Gasteiger charge is 2.20.